The van der Waals surface area contributed by atoms with Gasteiger partial charge in [0.2, 0.25) is 0 Å². The lowest BCUT2D eigenvalue weighted by atomic mass is 9.71. The molecule has 3 aliphatic heterocycles. The van der Waals surface area contributed by atoms with Crippen molar-refractivity contribution in [1.82, 2.24) is 4.98 Å². The van der Waals surface area contributed by atoms with Crippen LogP contribution < -0.4 is 0 Å². The predicted octanol–water partition coefficient (Wildman–Crippen LogP) is 8.26. The summed E-state index contributed by atoms with van der Waals surface area (Å²) in [5, 5.41) is 3.82. The molecular formula is C37H37N2O+. The van der Waals surface area contributed by atoms with Gasteiger partial charge in [-0.15, -0.1) is 6.58 Å². The van der Waals surface area contributed by atoms with Crippen LogP contribution >= 0.6 is 0 Å². The Kier molecular flexibility index (Phi) is 6.71. The van der Waals surface area contributed by atoms with Crippen LogP contribution in [0.3, 0.4) is 0 Å². The molecule has 4 heterocycles. The van der Waals surface area contributed by atoms with Gasteiger partial charge in [-0.2, -0.15) is 0 Å². The lowest BCUT2D eigenvalue weighted by Gasteiger charge is -2.58. The van der Waals surface area contributed by atoms with Gasteiger partial charge in [-0.05, 0) is 46.0 Å². The maximum atomic E-state index is 7.05. The van der Waals surface area contributed by atoms with E-state index < -0.39 is 0 Å². The monoisotopic (exact) mass is 525 g/mol. The highest BCUT2D eigenvalue weighted by Crippen LogP contribution is 2.49. The quantitative estimate of drug-likeness (QED) is 0.150. The van der Waals surface area contributed by atoms with E-state index in [-0.39, 0.29) is 6.10 Å². The number of quaternary nitrogens is 1. The molecule has 0 spiro atoms. The zero-order valence-corrected chi connectivity index (χ0v) is 23.0. The fourth-order valence-corrected chi connectivity index (χ4v) is 7.60. The van der Waals surface area contributed by atoms with E-state index in [9.17, 15) is 0 Å². The van der Waals surface area contributed by atoms with Gasteiger partial charge < -0.3 is 9.22 Å². The molecule has 200 valence electrons. The van der Waals surface area contributed by atoms with E-state index in [2.05, 4.69) is 116 Å². The van der Waals surface area contributed by atoms with Gasteiger partial charge >= 0.3 is 0 Å². The van der Waals surface area contributed by atoms with E-state index in [0.717, 1.165) is 29.5 Å². The van der Waals surface area contributed by atoms with Gasteiger partial charge in [0, 0.05) is 35.9 Å². The third-order valence-corrected chi connectivity index (χ3v) is 9.60. The van der Waals surface area contributed by atoms with E-state index in [1.54, 1.807) is 0 Å². The molecule has 0 unspecified atom stereocenters. The normalized spacial score (nSPS) is 24.8. The molecule has 3 nitrogen and oxygen atoms in total. The lowest BCUT2D eigenvalue weighted by Crippen LogP contribution is -2.67. The smallest absolute Gasteiger partial charge is 0.135 e. The number of pyridine rings is 1. The van der Waals surface area contributed by atoms with Crippen molar-refractivity contribution in [3.05, 3.63) is 139 Å². The van der Waals surface area contributed by atoms with Crippen LogP contribution in [0.25, 0.3) is 21.7 Å². The minimum absolute atomic E-state index is 0.0258. The summed E-state index contributed by atoms with van der Waals surface area (Å²) >= 11 is 0. The number of hydrogen-bond acceptors (Lipinski definition) is 2. The van der Waals surface area contributed by atoms with Gasteiger partial charge in [0.05, 0.1) is 25.2 Å². The Bertz CT molecular complexity index is 1640. The molecule has 5 atom stereocenters. The maximum Gasteiger partial charge on any atom is 0.135 e. The van der Waals surface area contributed by atoms with Crippen molar-refractivity contribution < 1.29 is 9.22 Å². The summed E-state index contributed by atoms with van der Waals surface area (Å²) in [6.45, 7) is 8.20. The Hall–Kier alpha value is -3.79. The number of piperidine rings is 3. The van der Waals surface area contributed by atoms with E-state index in [4.69, 9.17) is 9.72 Å². The van der Waals surface area contributed by atoms with E-state index in [1.165, 1.54) is 45.8 Å². The number of para-hydroxylation sites is 1. The number of fused-ring (bicyclic) bond motifs is 5. The van der Waals surface area contributed by atoms with E-state index >= 15 is 0 Å². The van der Waals surface area contributed by atoms with Crippen molar-refractivity contribution in [1.29, 1.82) is 0 Å². The fraction of sp³-hybridized carbons (Fsp3) is 0.270. The molecule has 3 fully saturated rings. The van der Waals surface area contributed by atoms with Gasteiger partial charge in [-0.1, -0.05) is 91.0 Å². The molecule has 0 radical (unpaired) electrons. The number of hydrogen-bond donors (Lipinski definition) is 0. The van der Waals surface area contributed by atoms with Crippen LogP contribution in [0.15, 0.2) is 122 Å². The van der Waals surface area contributed by atoms with E-state index in [1.807, 2.05) is 6.20 Å². The highest BCUT2D eigenvalue weighted by molar-refractivity contribution is 5.83. The highest BCUT2D eigenvalue weighted by Gasteiger charge is 2.54. The molecule has 0 aliphatic carbocycles. The first-order chi connectivity index (χ1) is 19.7. The predicted molar refractivity (Wildman–Crippen MR) is 164 cm³/mol. The molecule has 4 aromatic carbocycles. The number of nitrogens with zero attached hydrogens (tertiary/aromatic N) is 2. The summed E-state index contributed by atoms with van der Waals surface area (Å²) in [5.41, 5.74) is 4.93. The maximum absolute atomic E-state index is 7.05. The summed E-state index contributed by atoms with van der Waals surface area (Å²) < 4.78 is 8.09. The molecule has 5 aromatic rings. The Morgan fingerprint density at radius 1 is 0.875 bits per heavy atom. The van der Waals surface area contributed by atoms with Gasteiger partial charge in [0.1, 0.15) is 18.7 Å². The summed E-state index contributed by atoms with van der Waals surface area (Å²) in [7, 11) is 0. The molecular weight excluding hydrogens is 488 g/mol. The second-order valence-electron chi connectivity index (χ2n) is 11.9. The third-order valence-electron chi connectivity index (χ3n) is 9.60. The SMILES string of the molecule is C=C[C@H]1C[N@+]2(Cc3ccc4ccccc4c3)CC[C@H]1C[C@H]2[C@H](OCc1ccccc1)c1ccnc2ccccc12. The van der Waals surface area contributed by atoms with Crippen LogP contribution in [-0.2, 0) is 17.9 Å². The van der Waals surface area contributed by atoms with Gasteiger partial charge in [0.25, 0.3) is 0 Å². The van der Waals surface area contributed by atoms with Crippen molar-refractivity contribution in [3.63, 3.8) is 0 Å². The average Bonchev–Trinajstić information content (AvgIpc) is 3.02. The van der Waals surface area contributed by atoms with Crippen LogP contribution in [0.5, 0.6) is 0 Å². The lowest BCUT2D eigenvalue weighted by molar-refractivity contribution is -0.985. The first-order valence-electron chi connectivity index (χ1n) is 14.7. The van der Waals surface area contributed by atoms with Crippen molar-refractivity contribution in [2.75, 3.05) is 13.1 Å². The minimum atomic E-state index is -0.0258. The van der Waals surface area contributed by atoms with Crippen molar-refractivity contribution >= 4 is 21.7 Å². The zero-order valence-electron chi connectivity index (χ0n) is 23.0. The van der Waals surface area contributed by atoms with Crippen LogP contribution in [0.1, 0.15) is 35.6 Å². The average molecular weight is 526 g/mol. The van der Waals surface area contributed by atoms with Crippen LogP contribution in [0.2, 0.25) is 0 Å². The molecule has 40 heavy (non-hydrogen) atoms. The van der Waals surface area contributed by atoms with Crippen molar-refractivity contribution in [2.24, 2.45) is 11.8 Å². The Labute approximate surface area is 237 Å². The Morgan fingerprint density at radius 3 is 2.55 bits per heavy atom. The van der Waals surface area contributed by atoms with Crippen LogP contribution in [0, 0.1) is 11.8 Å². The number of rotatable bonds is 8. The second kappa shape index (κ2) is 10.6. The largest absolute Gasteiger partial charge is 0.363 e. The van der Waals surface area contributed by atoms with Gasteiger partial charge in [-0.3, -0.25) is 4.98 Å². The summed E-state index contributed by atoms with van der Waals surface area (Å²) in [4.78, 5) is 4.70. The van der Waals surface area contributed by atoms with Gasteiger partial charge in [-0.25, -0.2) is 0 Å². The minimum Gasteiger partial charge on any atom is -0.363 e. The number of aromatic nitrogens is 1. The molecule has 0 saturated carbocycles. The fourth-order valence-electron chi connectivity index (χ4n) is 7.60. The Morgan fingerprint density at radius 2 is 1.68 bits per heavy atom. The van der Waals surface area contributed by atoms with Crippen molar-refractivity contribution in [2.45, 2.75) is 38.1 Å². The Balaban J connectivity index is 1.32. The highest BCUT2D eigenvalue weighted by atomic mass is 16.5. The third kappa shape index (κ3) is 4.64. The first kappa shape index (κ1) is 25.2. The molecule has 1 aromatic heterocycles. The summed E-state index contributed by atoms with van der Waals surface area (Å²) in [5.74, 6) is 1.21. The zero-order chi connectivity index (χ0) is 26.9. The summed E-state index contributed by atoms with van der Waals surface area (Å²) in [6, 6.07) is 37.5. The standard InChI is InChI=1S/C37H37N2O/c1-2-29-25-39(24-28-16-17-30-12-6-7-13-31(30)22-28)21-19-32(29)23-36(39)37(40-26-27-10-4-3-5-11-27)34-18-20-38-35-15-9-8-14-33(34)35/h2-18,20,22,29,32,36-37H,1,19,21,23-26H2/q+1/t29-,32-,36-,37+,39+/m0/s1. The number of benzene rings is 4. The number of ether oxygens (including phenoxy) is 1. The molecule has 3 saturated heterocycles. The topological polar surface area (TPSA) is 22.1 Å². The summed E-state index contributed by atoms with van der Waals surface area (Å²) in [6.07, 6.45) is 6.58. The van der Waals surface area contributed by atoms with Crippen LogP contribution in [-0.4, -0.2) is 28.6 Å². The first-order valence-corrected chi connectivity index (χ1v) is 14.7. The molecule has 0 N–H and O–H groups in total. The second-order valence-corrected chi connectivity index (χ2v) is 11.9. The van der Waals surface area contributed by atoms with Crippen LogP contribution in [0.4, 0.5) is 0 Å². The van der Waals surface area contributed by atoms with E-state index in [0.29, 0.717) is 24.5 Å². The molecule has 3 heteroatoms. The molecule has 3 aliphatic rings. The van der Waals surface area contributed by atoms with Gasteiger partial charge in [0.15, 0.2) is 0 Å². The van der Waals surface area contributed by atoms with Crippen molar-refractivity contribution in [3.8, 4) is 0 Å². The molecule has 8 rings (SSSR count). The molecule has 0 amide bonds. The molecule has 2 bridgehead atoms.